The maximum absolute atomic E-state index is 16.6. The van der Waals surface area contributed by atoms with Crippen molar-refractivity contribution in [3.05, 3.63) is 183 Å². The largest absolute Gasteiger partial charge is 1.00 e. The molecule has 4 aromatic carbocycles. The van der Waals surface area contributed by atoms with Gasteiger partial charge in [-0.1, -0.05) is 63.1 Å². The number of rotatable bonds is 25. The van der Waals surface area contributed by atoms with Crippen LogP contribution in [-0.4, -0.2) is 101 Å². The average Bonchev–Trinajstić information content (AvgIpc) is 0.770. The molecule has 0 saturated heterocycles. The van der Waals surface area contributed by atoms with Crippen molar-refractivity contribution in [3.63, 3.8) is 0 Å². The number of halogens is 10. The van der Waals surface area contributed by atoms with Crippen LogP contribution in [0.3, 0.4) is 0 Å². The first-order valence-electron chi connectivity index (χ1n) is 31.5. The molecule has 2 unspecified atom stereocenters. The molecule has 0 radical (unpaired) electrons. The second-order valence-corrected chi connectivity index (χ2v) is 26.2. The van der Waals surface area contributed by atoms with Crippen molar-refractivity contribution < 1.29 is 97.3 Å². The Bertz CT molecular complexity index is 3940. The molecule has 2 amide bonds. The molecule has 0 aliphatic carbocycles. The molecule has 0 aliphatic heterocycles. The van der Waals surface area contributed by atoms with E-state index in [1.165, 1.54) is 26.0 Å². The Kier molecular flexibility index (Phi) is 35.0. The summed E-state index contributed by atoms with van der Waals surface area (Å²) < 4.78 is 155. The summed E-state index contributed by atoms with van der Waals surface area (Å²) >= 11 is 0. The number of aryl methyl sites for hydroxylation is 8. The summed E-state index contributed by atoms with van der Waals surface area (Å²) in [6.07, 6.45) is -9.33. The van der Waals surface area contributed by atoms with E-state index in [2.05, 4.69) is 10.6 Å². The van der Waals surface area contributed by atoms with Gasteiger partial charge >= 0.3 is 43.2 Å². The number of carboxylic acid groups (broad SMARTS) is 1. The average molecular weight is 1450 g/mol. The molecule has 0 fully saturated rings. The van der Waals surface area contributed by atoms with E-state index in [9.17, 15) is 60.2 Å². The molecule has 2 heterocycles. The third kappa shape index (κ3) is 23.3. The van der Waals surface area contributed by atoms with Gasteiger partial charge in [0.15, 0.2) is 0 Å². The monoisotopic (exact) mass is 1450 g/mol. The van der Waals surface area contributed by atoms with E-state index < -0.39 is 130 Å². The number of nitrogens with one attached hydrogen (secondary N) is 2. The molecule has 0 bridgehead atoms. The molecule has 4 atom stereocenters. The zero-order valence-electron chi connectivity index (χ0n) is 59.9. The maximum atomic E-state index is 16.6. The van der Waals surface area contributed by atoms with Gasteiger partial charge < -0.3 is 44.9 Å². The smallest absolute Gasteiger partial charge is 0.870 e. The molecule has 0 spiro atoms. The first-order valence-corrected chi connectivity index (χ1v) is 31.5. The fraction of sp³-hybridized carbons (Fsp3) is 0.472. The van der Waals surface area contributed by atoms with Gasteiger partial charge in [0.1, 0.15) is 35.4 Å². The zero-order chi connectivity index (χ0) is 72.5. The number of benzene rings is 4. The molecule has 2 aromatic heterocycles. The predicted molar refractivity (Wildman–Crippen MR) is 372 cm³/mol. The van der Waals surface area contributed by atoms with Crippen molar-refractivity contribution in [1.82, 2.24) is 29.6 Å². The number of likely N-dealkylation sites (N-methyl/N-ethyl adjacent to an activating group) is 2. The number of aromatic nitrogens is 2. The number of ether oxygens (including phenoxy) is 1. The van der Waals surface area contributed by atoms with E-state index in [0.29, 0.717) is 34.4 Å². The Morgan fingerprint density at radius 1 is 0.530 bits per heavy atom. The van der Waals surface area contributed by atoms with Gasteiger partial charge in [0.05, 0.1) is 42.7 Å². The summed E-state index contributed by atoms with van der Waals surface area (Å²) in [7, 11) is 6.74. The Labute approximate surface area is 604 Å². The third-order valence-corrected chi connectivity index (χ3v) is 16.4. The topological polar surface area (TPSA) is 202 Å². The van der Waals surface area contributed by atoms with Crippen molar-refractivity contribution in [2.24, 2.45) is 11.8 Å². The first kappa shape index (κ1) is 91.1. The number of hydrogen-bond donors (Lipinski definition) is 3. The Morgan fingerprint density at radius 3 is 1.13 bits per heavy atom. The predicted octanol–water partition coefficient (Wildman–Crippen LogP) is 11.7. The van der Waals surface area contributed by atoms with E-state index in [0.717, 1.165) is 43.8 Å². The van der Waals surface area contributed by atoms with Gasteiger partial charge in [-0.05, 0) is 196 Å². The molecule has 548 valence electrons. The minimum atomic E-state index is -4.83. The van der Waals surface area contributed by atoms with Gasteiger partial charge in [0, 0.05) is 59.9 Å². The maximum Gasteiger partial charge on any atom is 1.00 e. The van der Waals surface area contributed by atoms with Crippen molar-refractivity contribution in [3.8, 4) is 22.3 Å². The van der Waals surface area contributed by atoms with E-state index in [1.54, 1.807) is 100 Å². The van der Waals surface area contributed by atoms with Crippen molar-refractivity contribution in [1.29, 1.82) is 0 Å². The summed E-state index contributed by atoms with van der Waals surface area (Å²) in [6.45, 7) is 22.7. The number of nitrogens with zero attached hydrogens (tertiary/aromatic N) is 4. The summed E-state index contributed by atoms with van der Waals surface area (Å²) in [5.74, 6) is -8.69. The number of esters is 1. The number of pyridine rings is 2. The molecule has 100 heavy (non-hydrogen) atoms. The van der Waals surface area contributed by atoms with E-state index >= 15 is 17.6 Å². The van der Waals surface area contributed by atoms with E-state index in [-0.39, 0.29) is 142 Å². The third-order valence-electron chi connectivity index (χ3n) is 16.4. The fourth-order valence-corrected chi connectivity index (χ4v) is 12.2. The Hall–Kier alpha value is -6.86. The van der Waals surface area contributed by atoms with Gasteiger partial charge in [0.2, 0.25) is 11.8 Å². The summed E-state index contributed by atoms with van der Waals surface area (Å²) in [6, 6.07) is 4.96. The molecule has 4 N–H and O–H groups in total. The molecule has 6 aromatic rings. The fourth-order valence-electron chi connectivity index (χ4n) is 12.2. The SMILES string of the molecule is CCOC(=O)C[C@H](NC(=O)C(CC(C)C)n1cc(CCN(C)C)c(C(F)(F)F)cc1=O)c1c(F)c(C)cc(-c2c(C)cc(C)cc2C)c1F.Cc1cc(C)c(-c2cc(C)c(F)c([C@H](CC(=O)O)NC(=O)C(CC(C)C)n3cc(CCN(C)C)c(C(F)(F)F)cc3=O)c2F)c(C)c1.S.S.[Li+].[OH-]. The normalized spacial score (nSPS) is 12.7. The number of aliphatic carboxylic acids is 1. The van der Waals surface area contributed by atoms with Crippen molar-refractivity contribution in [2.75, 3.05) is 47.9 Å². The number of carbonyl (C=O) groups excluding carboxylic acids is 3. The van der Waals surface area contributed by atoms with Crippen LogP contribution in [0.2, 0.25) is 0 Å². The second kappa shape index (κ2) is 38.4. The van der Waals surface area contributed by atoms with Crippen molar-refractivity contribution >= 4 is 50.7 Å². The van der Waals surface area contributed by atoms with E-state index in [4.69, 9.17) is 4.74 Å². The number of amides is 2. The van der Waals surface area contributed by atoms with Gasteiger partial charge in [-0.15, -0.1) is 0 Å². The summed E-state index contributed by atoms with van der Waals surface area (Å²) in [5, 5.41) is 14.8. The van der Waals surface area contributed by atoms with Crippen LogP contribution in [-0.2, 0) is 49.1 Å². The van der Waals surface area contributed by atoms with Crippen LogP contribution in [0.4, 0.5) is 43.9 Å². The molecular formula is C72H93F10LiN6O9S2. The van der Waals surface area contributed by atoms with Crippen molar-refractivity contribution in [2.45, 2.75) is 165 Å². The summed E-state index contributed by atoms with van der Waals surface area (Å²) in [5.41, 5.74) is -0.00131. The van der Waals surface area contributed by atoms with Gasteiger partial charge in [-0.3, -0.25) is 28.8 Å². The van der Waals surface area contributed by atoms with Crippen LogP contribution >= 0.6 is 27.0 Å². The number of carboxylic acids is 1. The quantitative estimate of drug-likeness (QED) is 0.0280. The molecule has 28 heteroatoms. The molecule has 0 aliphatic rings. The summed E-state index contributed by atoms with van der Waals surface area (Å²) in [4.78, 5) is 82.6. The molecular weight excluding hydrogens is 1350 g/mol. The molecule has 6 rings (SSSR count). The van der Waals surface area contributed by atoms with Gasteiger partial charge in [-0.2, -0.15) is 53.3 Å². The number of alkyl halides is 6. The molecule has 0 saturated carbocycles. The number of carbonyl (C=O) groups is 4. The zero-order valence-corrected chi connectivity index (χ0v) is 61.9. The molecule has 15 nitrogen and oxygen atoms in total. The van der Waals surface area contributed by atoms with Gasteiger partial charge in [0.25, 0.3) is 11.1 Å². The first-order chi connectivity index (χ1) is 44.5. The van der Waals surface area contributed by atoms with Crippen LogP contribution in [0.15, 0.2) is 70.5 Å². The van der Waals surface area contributed by atoms with Gasteiger partial charge in [-0.25, -0.2) is 17.6 Å². The Morgan fingerprint density at radius 2 is 0.850 bits per heavy atom. The van der Waals surface area contributed by atoms with Crippen LogP contribution in [0.1, 0.15) is 162 Å². The minimum absolute atomic E-state index is 0. The van der Waals surface area contributed by atoms with E-state index in [1.807, 2.05) is 38.1 Å². The van der Waals surface area contributed by atoms with Crippen LogP contribution < -0.4 is 40.6 Å². The Balaban J connectivity index is 0.000000962. The minimum Gasteiger partial charge on any atom is -0.870 e. The van der Waals surface area contributed by atoms with Crippen LogP contribution in [0, 0.1) is 90.5 Å². The van der Waals surface area contributed by atoms with Crippen LogP contribution in [0.5, 0.6) is 0 Å². The number of hydrogen-bond acceptors (Lipinski definition) is 10. The standard InChI is InChI=1S/C37H46F5N3O4.C35H42F5N3O4.Li.H2O.2H2S/c1-10-49-31(47)18-28(33-34(38)24(7)16-26(35(33)39)32-22(5)14-21(4)15-23(32)6)43-36(48)29(13-20(2)3)45-19-25(11-12-44(8)9)27(17-30(45)46)37(40,41)42;1-18(2)11-27(43-17-23(9-10-42(7)8)25(15-28(43)44)35(38,39)40)34(47)41-26(16-29(45)46)31-32(36)22(6)14-24(33(31)37)30-20(4)12-19(3)13-21(30)5;;;;/h14-17,19-20,28-29H,10-13,18H2,1-9H3,(H,43,48);12-15,17-18,26-27H,9-11,16H2,1-8H3,(H,41,47)(H,45,46);;3*1H2/q;;+1;;;/p-1/t28-,29?;26-,27?;;;;/m00..../s1. The van der Waals surface area contributed by atoms with Crippen LogP contribution in [0.25, 0.3) is 22.3 Å². The second-order valence-electron chi connectivity index (χ2n) is 26.2.